The van der Waals surface area contributed by atoms with Gasteiger partial charge in [0, 0.05) is 54.6 Å². The molecule has 208 valence electrons. The van der Waals surface area contributed by atoms with Gasteiger partial charge in [0.05, 0.1) is 11.4 Å². The molecule has 2 atom stereocenters. The number of aromatic nitrogens is 1. The lowest BCUT2D eigenvalue weighted by Crippen LogP contribution is -2.47. The summed E-state index contributed by atoms with van der Waals surface area (Å²) in [6, 6.07) is 19.9. The molecule has 1 aliphatic carbocycles. The highest BCUT2D eigenvalue weighted by Crippen LogP contribution is 2.39. The van der Waals surface area contributed by atoms with Crippen molar-refractivity contribution in [3.8, 4) is 0 Å². The summed E-state index contributed by atoms with van der Waals surface area (Å²) in [4.78, 5) is 28.2. The van der Waals surface area contributed by atoms with Gasteiger partial charge in [-0.15, -0.1) is 0 Å². The molecular formula is C32H37N5O2S. The Morgan fingerprint density at radius 2 is 1.73 bits per heavy atom. The third-order valence-electron chi connectivity index (χ3n) is 8.58. The predicted octanol–water partition coefficient (Wildman–Crippen LogP) is 5.65. The molecule has 0 radical (unpaired) electrons. The zero-order valence-corrected chi connectivity index (χ0v) is 23.8. The maximum atomic E-state index is 13.3. The molecule has 3 N–H and O–H groups in total. The van der Waals surface area contributed by atoms with Crippen LogP contribution in [0.25, 0.3) is 0 Å². The first kappa shape index (κ1) is 26.6. The zero-order chi connectivity index (χ0) is 27.6. The van der Waals surface area contributed by atoms with E-state index >= 15 is 0 Å². The minimum atomic E-state index is -0.0391. The molecule has 7 nitrogen and oxygen atoms in total. The Bertz CT molecular complexity index is 1460. The summed E-state index contributed by atoms with van der Waals surface area (Å²) in [6.07, 6.45) is 6.75. The van der Waals surface area contributed by atoms with Crippen LogP contribution >= 0.6 is 12.2 Å². The van der Waals surface area contributed by atoms with Crippen molar-refractivity contribution >= 4 is 40.3 Å². The summed E-state index contributed by atoms with van der Waals surface area (Å²) in [5.74, 6) is 0.620. The van der Waals surface area contributed by atoms with Crippen molar-refractivity contribution in [2.45, 2.75) is 64.0 Å². The van der Waals surface area contributed by atoms with E-state index in [0.717, 1.165) is 61.7 Å². The fourth-order valence-electron chi connectivity index (χ4n) is 6.58. The number of hydrogen-bond donors (Lipinski definition) is 3. The van der Waals surface area contributed by atoms with Crippen molar-refractivity contribution in [1.82, 2.24) is 9.88 Å². The third kappa shape index (κ3) is 5.77. The first-order chi connectivity index (χ1) is 19.4. The fraction of sp³-hybridized carbons (Fsp3) is 0.406. The molecule has 2 fully saturated rings. The van der Waals surface area contributed by atoms with E-state index in [2.05, 4.69) is 33.8 Å². The van der Waals surface area contributed by atoms with Gasteiger partial charge in [-0.2, -0.15) is 0 Å². The van der Waals surface area contributed by atoms with Gasteiger partial charge in [-0.3, -0.25) is 9.59 Å². The zero-order valence-electron chi connectivity index (χ0n) is 23.0. The number of rotatable bonds is 5. The standard InChI is InChI=1S/C32H37N5O2S/c1-21-10-13-26(14-11-21)34-32(40)35-27-17-23(31(39)33-25-6-3-2-4-7-25)12-15-29(27)36-18-22-16-24(20-36)28-8-5-9-30(38)37(28)19-22/h5,8-15,17,22,24-25H,2-4,6-7,16,18-20H2,1H3,(H,33,39)(H2,34,35,40). The molecule has 2 aromatic carbocycles. The summed E-state index contributed by atoms with van der Waals surface area (Å²) < 4.78 is 1.95. The van der Waals surface area contributed by atoms with Gasteiger partial charge < -0.3 is 25.4 Å². The lowest BCUT2D eigenvalue weighted by atomic mass is 9.83. The Balaban J connectivity index is 1.27. The number of fused-ring (bicyclic) bond motifs is 4. The molecule has 6 rings (SSSR count). The van der Waals surface area contributed by atoms with Gasteiger partial charge in [0.25, 0.3) is 11.5 Å². The molecule has 1 aromatic heterocycles. The van der Waals surface area contributed by atoms with Crippen LogP contribution in [-0.2, 0) is 6.54 Å². The smallest absolute Gasteiger partial charge is 0.251 e. The first-order valence-electron chi connectivity index (χ1n) is 14.5. The van der Waals surface area contributed by atoms with Crippen LogP contribution in [0.5, 0.6) is 0 Å². The second-order valence-corrected chi connectivity index (χ2v) is 12.0. The number of benzene rings is 2. The molecule has 2 aliphatic heterocycles. The summed E-state index contributed by atoms with van der Waals surface area (Å²) in [5.41, 5.74) is 5.75. The Morgan fingerprint density at radius 1 is 0.925 bits per heavy atom. The maximum absolute atomic E-state index is 13.3. The van der Waals surface area contributed by atoms with Crippen molar-refractivity contribution in [3.63, 3.8) is 0 Å². The van der Waals surface area contributed by atoms with Gasteiger partial charge in [0.1, 0.15) is 0 Å². The summed E-state index contributed by atoms with van der Waals surface area (Å²) >= 11 is 5.72. The van der Waals surface area contributed by atoms with E-state index in [1.165, 1.54) is 24.8 Å². The molecule has 2 unspecified atom stereocenters. The number of hydrogen-bond acceptors (Lipinski definition) is 4. The summed E-state index contributed by atoms with van der Waals surface area (Å²) in [7, 11) is 0. The van der Waals surface area contributed by atoms with Gasteiger partial charge in [-0.05, 0) is 80.7 Å². The van der Waals surface area contributed by atoms with Crippen LogP contribution in [0.1, 0.15) is 66.1 Å². The Hall–Kier alpha value is -3.65. The van der Waals surface area contributed by atoms with Crippen molar-refractivity contribution in [1.29, 1.82) is 0 Å². The second kappa shape index (κ2) is 11.5. The number of nitrogens with one attached hydrogen (secondary N) is 3. The maximum Gasteiger partial charge on any atom is 0.251 e. The van der Waals surface area contributed by atoms with Crippen LogP contribution in [0.2, 0.25) is 0 Å². The normalized spacial score (nSPS) is 20.4. The monoisotopic (exact) mass is 555 g/mol. The Labute approximate surface area is 241 Å². The Morgan fingerprint density at radius 3 is 2.52 bits per heavy atom. The first-order valence-corrected chi connectivity index (χ1v) is 14.9. The van der Waals surface area contributed by atoms with E-state index in [4.69, 9.17) is 12.2 Å². The quantitative estimate of drug-likeness (QED) is 0.353. The molecule has 1 saturated carbocycles. The number of pyridine rings is 1. The van der Waals surface area contributed by atoms with Crippen LogP contribution in [0.3, 0.4) is 0 Å². The summed E-state index contributed by atoms with van der Waals surface area (Å²) in [6.45, 7) is 4.44. The van der Waals surface area contributed by atoms with Crippen LogP contribution < -0.4 is 26.4 Å². The SMILES string of the molecule is Cc1ccc(NC(=S)Nc2cc(C(=O)NC3CCCCC3)ccc2N2CC3CC(C2)c2cccc(=O)n2C3)cc1. The number of thiocarbonyl (C=S) groups is 1. The summed E-state index contributed by atoms with van der Waals surface area (Å²) in [5, 5.41) is 10.4. The van der Waals surface area contributed by atoms with Crippen molar-refractivity contribution in [3.05, 3.63) is 87.8 Å². The van der Waals surface area contributed by atoms with Crippen LogP contribution in [0, 0.1) is 12.8 Å². The number of carbonyl (C=O) groups is 1. The number of amides is 1. The molecule has 3 aliphatic rings. The largest absolute Gasteiger partial charge is 0.369 e. The molecule has 3 aromatic rings. The van der Waals surface area contributed by atoms with E-state index in [1.807, 2.05) is 53.1 Å². The second-order valence-electron chi connectivity index (χ2n) is 11.6. The van der Waals surface area contributed by atoms with E-state index in [9.17, 15) is 9.59 Å². The molecule has 2 bridgehead atoms. The lowest BCUT2D eigenvalue weighted by molar-refractivity contribution is 0.0927. The minimum Gasteiger partial charge on any atom is -0.369 e. The van der Waals surface area contributed by atoms with E-state index in [0.29, 0.717) is 16.6 Å². The van der Waals surface area contributed by atoms with Gasteiger partial charge in [-0.1, -0.05) is 43.0 Å². The molecular weight excluding hydrogens is 518 g/mol. The molecule has 40 heavy (non-hydrogen) atoms. The fourth-order valence-corrected chi connectivity index (χ4v) is 6.81. The minimum absolute atomic E-state index is 0.0391. The molecule has 0 spiro atoms. The number of carbonyl (C=O) groups excluding carboxylic acids is 1. The predicted molar refractivity (Wildman–Crippen MR) is 166 cm³/mol. The Kier molecular flexibility index (Phi) is 7.61. The molecule has 3 heterocycles. The van der Waals surface area contributed by atoms with Crippen molar-refractivity contribution in [2.24, 2.45) is 5.92 Å². The van der Waals surface area contributed by atoms with Gasteiger partial charge in [0.15, 0.2) is 5.11 Å². The number of nitrogens with zero attached hydrogens (tertiary/aromatic N) is 2. The lowest BCUT2D eigenvalue weighted by Gasteiger charge is -2.44. The average molecular weight is 556 g/mol. The van der Waals surface area contributed by atoms with Crippen LogP contribution in [-0.4, -0.2) is 34.7 Å². The third-order valence-corrected chi connectivity index (χ3v) is 8.78. The van der Waals surface area contributed by atoms with Crippen molar-refractivity contribution in [2.75, 3.05) is 28.6 Å². The van der Waals surface area contributed by atoms with E-state index in [1.54, 1.807) is 6.07 Å². The highest BCUT2D eigenvalue weighted by Gasteiger charge is 2.35. The molecule has 1 amide bonds. The van der Waals surface area contributed by atoms with Gasteiger partial charge in [0.2, 0.25) is 0 Å². The average Bonchev–Trinajstić information content (AvgIpc) is 2.95. The molecule has 8 heteroatoms. The van der Waals surface area contributed by atoms with E-state index in [-0.39, 0.29) is 23.4 Å². The van der Waals surface area contributed by atoms with Crippen LogP contribution in [0.4, 0.5) is 17.1 Å². The highest BCUT2D eigenvalue weighted by atomic mass is 32.1. The molecule has 1 saturated heterocycles. The number of anilines is 3. The highest BCUT2D eigenvalue weighted by molar-refractivity contribution is 7.80. The topological polar surface area (TPSA) is 78.4 Å². The number of piperidine rings is 1. The number of aryl methyl sites for hydroxylation is 1. The van der Waals surface area contributed by atoms with Gasteiger partial charge in [-0.25, -0.2) is 0 Å². The van der Waals surface area contributed by atoms with Crippen LogP contribution in [0.15, 0.2) is 65.5 Å². The van der Waals surface area contributed by atoms with E-state index < -0.39 is 0 Å². The van der Waals surface area contributed by atoms with Gasteiger partial charge >= 0.3 is 0 Å². The van der Waals surface area contributed by atoms with Crippen molar-refractivity contribution < 1.29 is 4.79 Å².